The minimum Gasteiger partial charge on any atom is -0.462 e. The number of benzene rings is 1. The van der Waals surface area contributed by atoms with Gasteiger partial charge in [0.05, 0.1) is 29.6 Å². The van der Waals surface area contributed by atoms with Crippen molar-refractivity contribution in [2.75, 3.05) is 17.2 Å². The largest absolute Gasteiger partial charge is 0.462 e. The van der Waals surface area contributed by atoms with Crippen molar-refractivity contribution in [3.63, 3.8) is 0 Å². The first kappa shape index (κ1) is 21.1. The van der Waals surface area contributed by atoms with Crippen molar-refractivity contribution in [1.82, 2.24) is 14.8 Å². The molecule has 3 aromatic heterocycles. The van der Waals surface area contributed by atoms with E-state index in [1.54, 1.807) is 23.7 Å². The molecule has 0 bridgehead atoms. The Balaban J connectivity index is 1.55. The molecule has 2 N–H and O–H groups in total. The van der Waals surface area contributed by atoms with Crippen LogP contribution in [0.4, 0.5) is 11.4 Å². The molecule has 0 aliphatic rings. The number of nitrogens with zero attached hydrogens (tertiary/aromatic N) is 3. The summed E-state index contributed by atoms with van der Waals surface area (Å²) in [5.41, 5.74) is 4.04. The number of rotatable bonds is 7. The summed E-state index contributed by atoms with van der Waals surface area (Å²) in [7, 11) is 1.81. The fourth-order valence-corrected chi connectivity index (χ4v) is 3.46. The number of nitrogens with one attached hydrogen (secondary N) is 2. The first-order chi connectivity index (χ1) is 15.5. The van der Waals surface area contributed by atoms with Gasteiger partial charge < -0.3 is 19.8 Å². The Morgan fingerprint density at radius 1 is 1.19 bits per heavy atom. The van der Waals surface area contributed by atoms with Gasteiger partial charge in [-0.05, 0) is 43.7 Å². The third-order valence-electron chi connectivity index (χ3n) is 4.95. The topological polar surface area (TPSA) is 111 Å². The molecule has 9 nitrogen and oxygen atoms in total. The molecule has 4 rings (SSSR count). The maximum Gasteiger partial charge on any atom is 0.341 e. The Kier molecular flexibility index (Phi) is 5.89. The van der Waals surface area contributed by atoms with Crippen molar-refractivity contribution >= 4 is 34.3 Å². The SMILES string of the molecule is CCOC(=O)c1cnc2c(c(C)nn2C)c1NCc1ccc(NC(=O)c2ccco2)cc1. The normalized spacial score (nSPS) is 10.8. The minimum absolute atomic E-state index is 0.246. The van der Waals surface area contributed by atoms with Gasteiger partial charge in [0.2, 0.25) is 0 Å². The Bertz CT molecular complexity index is 1260. The summed E-state index contributed by atoms with van der Waals surface area (Å²) in [5, 5.41) is 11.3. The number of carbonyl (C=O) groups is 2. The molecule has 0 saturated heterocycles. The summed E-state index contributed by atoms with van der Waals surface area (Å²) in [5.74, 6) is -0.509. The summed E-state index contributed by atoms with van der Waals surface area (Å²) in [6.07, 6.45) is 2.96. The smallest absolute Gasteiger partial charge is 0.341 e. The minimum atomic E-state index is -0.441. The maximum absolute atomic E-state index is 12.5. The zero-order valence-corrected chi connectivity index (χ0v) is 18.0. The number of hydrogen-bond acceptors (Lipinski definition) is 7. The number of fused-ring (bicyclic) bond motifs is 1. The lowest BCUT2D eigenvalue weighted by molar-refractivity contribution is 0.0527. The van der Waals surface area contributed by atoms with Crippen molar-refractivity contribution in [3.05, 3.63) is 71.4 Å². The number of aromatic nitrogens is 3. The van der Waals surface area contributed by atoms with E-state index in [9.17, 15) is 9.59 Å². The molecular formula is C23H23N5O4. The highest BCUT2D eigenvalue weighted by molar-refractivity contribution is 6.05. The van der Waals surface area contributed by atoms with Gasteiger partial charge in [0.15, 0.2) is 11.4 Å². The van der Waals surface area contributed by atoms with Gasteiger partial charge in [-0.25, -0.2) is 9.78 Å². The number of furan rings is 1. The molecule has 32 heavy (non-hydrogen) atoms. The quantitative estimate of drug-likeness (QED) is 0.425. The molecule has 164 valence electrons. The van der Waals surface area contributed by atoms with E-state index in [-0.39, 0.29) is 18.3 Å². The number of pyridine rings is 1. The second kappa shape index (κ2) is 8.93. The van der Waals surface area contributed by atoms with Gasteiger partial charge in [-0.3, -0.25) is 9.48 Å². The van der Waals surface area contributed by atoms with Gasteiger partial charge in [-0.15, -0.1) is 0 Å². The fraction of sp³-hybridized carbons (Fsp3) is 0.217. The van der Waals surface area contributed by atoms with Crippen molar-refractivity contribution < 1.29 is 18.7 Å². The lowest BCUT2D eigenvalue weighted by Gasteiger charge is -2.13. The molecule has 0 saturated carbocycles. The number of esters is 1. The van der Waals surface area contributed by atoms with Gasteiger partial charge in [-0.2, -0.15) is 5.10 Å². The van der Waals surface area contributed by atoms with E-state index in [2.05, 4.69) is 20.7 Å². The molecule has 0 aliphatic heterocycles. The van der Waals surface area contributed by atoms with Crippen LogP contribution in [0.3, 0.4) is 0 Å². The van der Waals surface area contributed by atoms with Gasteiger partial charge in [0.1, 0.15) is 5.56 Å². The Labute approximate surface area is 184 Å². The summed E-state index contributed by atoms with van der Waals surface area (Å²) >= 11 is 0. The second-order valence-electron chi connectivity index (χ2n) is 7.16. The van der Waals surface area contributed by atoms with E-state index < -0.39 is 5.97 Å². The summed E-state index contributed by atoms with van der Waals surface area (Å²) in [6, 6.07) is 10.7. The number of amides is 1. The highest BCUT2D eigenvalue weighted by atomic mass is 16.5. The Hall–Kier alpha value is -4.14. The van der Waals surface area contributed by atoms with Gasteiger partial charge in [0, 0.05) is 25.5 Å². The van der Waals surface area contributed by atoms with E-state index in [1.165, 1.54) is 12.5 Å². The molecule has 0 aliphatic carbocycles. The number of hydrogen-bond donors (Lipinski definition) is 2. The van der Waals surface area contributed by atoms with Crippen molar-refractivity contribution in [2.24, 2.45) is 7.05 Å². The van der Waals surface area contributed by atoms with Crippen LogP contribution in [0.15, 0.2) is 53.3 Å². The first-order valence-corrected chi connectivity index (χ1v) is 10.1. The van der Waals surface area contributed by atoms with Gasteiger partial charge in [-0.1, -0.05) is 12.1 Å². The molecule has 0 atom stereocenters. The molecule has 0 radical (unpaired) electrons. The van der Waals surface area contributed by atoms with Crippen LogP contribution in [0.1, 0.15) is 39.1 Å². The lowest BCUT2D eigenvalue weighted by atomic mass is 10.1. The van der Waals surface area contributed by atoms with Gasteiger partial charge in [0.25, 0.3) is 5.91 Å². The number of carbonyl (C=O) groups excluding carboxylic acids is 2. The van der Waals surface area contributed by atoms with Crippen LogP contribution < -0.4 is 10.6 Å². The molecule has 1 amide bonds. The van der Waals surface area contributed by atoms with Crippen LogP contribution in [0, 0.1) is 6.92 Å². The average molecular weight is 433 g/mol. The number of anilines is 2. The van der Waals surface area contributed by atoms with Crippen LogP contribution >= 0.6 is 0 Å². The predicted molar refractivity (Wildman–Crippen MR) is 120 cm³/mol. The van der Waals surface area contributed by atoms with Crippen LogP contribution in [0.2, 0.25) is 0 Å². The Morgan fingerprint density at radius 2 is 1.97 bits per heavy atom. The standard InChI is InChI=1S/C23H23N5O4/c1-4-31-23(30)17-13-25-21-19(14(2)27-28(21)3)20(17)24-12-15-7-9-16(10-8-15)26-22(29)18-6-5-11-32-18/h5-11,13H,4,12H2,1-3H3,(H,24,25)(H,26,29). The third kappa shape index (κ3) is 4.18. The summed E-state index contributed by atoms with van der Waals surface area (Å²) in [6.45, 7) is 4.36. The highest BCUT2D eigenvalue weighted by Crippen LogP contribution is 2.29. The maximum atomic E-state index is 12.5. The molecule has 0 fully saturated rings. The van der Waals surface area contributed by atoms with E-state index in [1.807, 2.05) is 38.2 Å². The molecule has 0 unspecified atom stereocenters. The van der Waals surface area contributed by atoms with Gasteiger partial charge >= 0.3 is 5.97 Å². The van der Waals surface area contributed by atoms with Crippen LogP contribution in [0.5, 0.6) is 0 Å². The lowest BCUT2D eigenvalue weighted by Crippen LogP contribution is -2.12. The summed E-state index contributed by atoms with van der Waals surface area (Å²) in [4.78, 5) is 29.0. The second-order valence-corrected chi connectivity index (χ2v) is 7.16. The van der Waals surface area contributed by atoms with E-state index >= 15 is 0 Å². The molecule has 0 spiro atoms. The van der Waals surface area contributed by atoms with Crippen LogP contribution in [-0.4, -0.2) is 33.2 Å². The van der Waals surface area contributed by atoms with Crippen molar-refractivity contribution in [2.45, 2.75) is 20.4 Å². The van der Waals surface area contributed by atoms with Crippen LogP contribution in [-0.2, 0) is 18.3 Å². The van der Waals surface area contributed by atoms with E-state index in [4.69, 9.17) is 9.15 Å². The highest BCUT2D eigenvalue weighted by Gasteiger charge is 2.20. The molecule has 9 heteroatoms. The van der Waals surface area contributed by atoms with Crippen LogP contribution in [0.25, 0.3) is 11.0 Å². The molecule has 1 aromatic carbocycles. The zero-order valence-electron chi connectivity index (χ0n) is 18.0. The molecular weight excluding hydrogens is 410 g/mol. The van der Waals surface area contributed by atoms with E-state index in [0.717, 1.165) is 16.6 Å². The molecule has 4 aromatic rings. The predicted octanol–water partition coefficient (Wildman–Crippen LogP) is 3.91. The molecule has 3 heterocycles. The monoisotopic (exact) mass is 433 g/mol. The first-order valence-electron chi connectivity index (χ1n) is 10.1. The average Bonchev–Trinajstić information content (AvgIpc) is 3.42. The fourth-order valence-electron chi connectivity index (χ4n) is 3.46. The third-order valence-corrected chi connectivity index (χ3v) is 4.95. The zero-order chi connectivity index (χ0) is 22.7. The number of ether oxygens (including phenoxy) is 1. The van der Waals surface area contributed by atoms with E-state index in [0.29, 0.717) is 29.1 Å². The Morgan fingerprint density at radius 3 is 2.66 bits per heavy atom. The summed E-state index contributed by atoms with van der Waals surface area (Å²) < 4.78 is 12.0. The number of aryl methyl sites for hydroxylation is 2. The van der Waals surface area contributed by atoms with Crippen molar-refractivity contribution in [1.29, 1.82) is 0 Å². The van der Waals surface area contributed by atoms with Crippen molar-refractivity contribution in [3.8, 4) is 0 Å².